The lowest BCUT2D eigenvalue weighted by Gasteiger charge is -2.16. The normalized spacial score (nSPS) is 15.1. The van der Waals surface area contributed by atoms with Gasteiger partial charge in [0.1, 0.15) is 0 Å². The van der Waals surface area contributed by atoms with E-state index in [-0.39, 0.29) is 17.4 Å². The summed E-state index contributed by atoms with van der Waals surface area (Å²) in [6.45, 7) is 0.0474. The molecule has 0 unspecified atom stereocenters. The highest BCUT2D eigenvalue weighted by Gasteiger charge is 2.34. The molecule has 9 heteroatoms. The van der Waals surface area contributed by atoms with E-state index in [0.29, 0.717) is 19.4 Å². The maximum absolute atomic E-state index is 13.0. The molecule has 3 heterocycles. The highest BCUT2D eigenvalue weighted by molar-refractivity contribution is 5.94. The zero-order valence-corrected chi connectivity index (χ0v) is 12.5. The third-order valence-electron chi connectivity index (χ3n) is 3.70. The first kappa shape index (κ1) is 16.2. The fourth-order valence-corrected chi connectivity index (χ4v) is 2.55. The summed E-state index contributed by atoms with van der Waals surface area (Å²) in [5.74, 6) is 0.128. The van der Waals surface area contributed by atoms with Crippen LogP contribution in [0.25, 0.3) is 0 Å². The van der Waals surface area contributed by atoms with Gasteiger partial charge >= 0.3 is 6.18 Å². The summed E-state index contributed by atoms with van der Waals surface area (Å²) in [5.41, 5.74) is -1.78. The number of aromatic nitrogens is 3. The highest BCUT2D eigenvalue weighted by Crippen LogP contribution is 2.31. The van der Waals surface area contributed by atoms with E-state index in [0.717, 1.165) is 10.7 Å². The summed E-state index contributed by atoms with van der Waals surface area (Å²) < 4.78 is 40.0. The van der Waals surface area contributed by atoms with Gasteiger partial charge in [-0.25, -0.2) is 4.68 Å². The lowest BCUT2D eigenvalue weighted by Crippen LogP contribution is -2.30. The fraction of sp³-hybridized carbons (Fsp3) is 0.333. The Morgan fingerprint density at radius 3 is 2.62 bits per heavy atom. The summed E-state index contributed by atoms with van der Waals surface area (Å²) in [6.07, 6.45) is -2.28. The van der Waals surface area contributed by atoms with E-state index in [1.165, 1.54) is 29.3 Å². The molecule has 0 radical (unpaired) electrons. The molecule has 126 valence electrons. The van der Waals surface area contributed by atoms with Crippen molar-refractivity contribution in [1.82, 2.24) is 14.8 Å². The summed E-state index contributed by atoms with van der Waals surface area (Å²) in [5, 5.41) is 4.03. The van der Waals surface area contributed by atoms with Gasteiger partial charge in [0.25, 0.3) is 5.56 Å². The van der Waals surface area contributed by atoms with Crippen LogP contribution in [-0.2, 0) is 17.5 Å². The van der Waals surface area contributed by atoms with Gasteiger partial charge in [0.2, 0.25) is 5.91 Å². The molecule has 2 aromatic rings. The van der Waals surface area contributed by atoms with Gasteiger partial charge < -0.3 is 0 Å². The Hall–Kier alpha value is -2.71. The van der Waals surface area contributed by atoms with Gasteiger partial charge in [0.15, 0.2) is 5.82 Å². The number of carbonyl (C=O) groups excluding carboxylic acids is 1. The van der Waals surface area contributed by atoms with Crippen molar-refractivity contribution in [2.45, 2.75) is 25.6 Å². The average molecular weight is 338 g/mol. The van der Waals surface area contributed by atoms with Crippen LogP contribution in [0.3, 0.4) is 0 Å². The van der Waals surface area contributed by atoms with Gasteiger partial charge in [-0.2, -0.15) is 18.3 Å². The summed E-state index contributed by atoms with van der Waals surface area (Å²) in [7, 11) is 0. The first-order valence-electron chi connectivity index (χ1n) is 7.26. The molecule has 1 saturated heterocycles. The second-order valence-corrected chi connectivity index (χ2v) is 5.33. The maximum atomic E-state index is 13.0. The van der Waals surface area contributed by atoms with Gasteiger partial charge in [0.05, 0.1) is 17.8 Å². The van der Waals surface area contributed by atoms with Crippen LogP contribution in [0.5, 0.6) is 0 Å². The van der Waals surface area contributed by atoms with Crippen molar-refractivity contribution in [3.05, 3.63) is 52.1 Å². The van der Waals surface area contributed by atoms with Crippen LogP contribution < -0.4 is 10.5 Å². The van der Waals surface area contributed by atoms with Crippen molar-refractivity contribution in [1.29, 1.82) is 0 Å². The minimum Gasteiger partial charge on any atom is -0.295 e. The zero-order valence-electron chi connectivity index (χ0n) is 12.5. The quantitative estimate of drug-likeness (QED) is 0.856. The van der Waals surface area contributed by atoms with E-state index in [1.54, 1.807) is 0 Å². The van der Waals surface area contributed by atoms with Crippen LogP contribution in [-0.4, -0.2) is 27.2 Å². The van der Waals surface area contributed by atoms with Crippen LogP contribution >= 0.6 is 0 Å². The fourth-order valence-electron chi connectivity index (χ4n) is 2.55. The van der Waals surface area contributed by atoms with E-state index < -0.39 is 23.8 Å². The number of alkyl halides is 3. The van der Waals surface area contributed by atoms with Crippen LogP contribution in [0.4, 0.5) is 19.0 Å². The lowest BCUT2D eigenvalue weighted by atomic mass is 10.2. The Labute approximate surface area is 134 Å². The summed E-state index contributed by atoms with van der Waals surface area (Å²) in [4.78, 5) is 28.8. The van der Waals surface area contributed by atoms with Gasteiger partial charge in [-0.3, -0.25) is 19.5 Å². The Kier molecular flexibility index (Phi) is 4.08. The summed E-state index contributed by atoms with van der Waals surface area (Å²) >= 11 is 0. The minimum atomic E-state index is -4.57. The van der Waals surface area contributed by atoms with E-state index in [4.69, 9.17) is 0 Å². The number of nitrogens with zero attached hydrogens (tertiary/aromatic N) is 4. The second-order valence-electron chi connectivity index (χ2n) is 5.33. The van der Waals surface area contributed by atoms with Crippen molar-refractivity contribution >= 4 is 11.7 Å². The predicted octanol–water partition coefficient (Wildman–Crippen LogP) is 1.83. The first-order chi connectivity index (χ1) is 11.4. The van der Waals surface area contributed by atoms with Crippen molar-refractivity contribution in [2.75, 3.05) is 11.4 Å². The van der Waals surface area contributed by atoms with E-state index in [9.17, 15) is 22.8 Å². The molecule has 1 amide bonds. The average Bonchev–Trinajstić information content (AvgIpc) is 2.95. The number of rotatable bonds is 3. The zero-order chi connectivity index (χ0) is 17.3. The molecule has 2 aromatic heterocycles. The van der Waals surface area contributed by atoms with Crippen molar-refractivity contribution < 1.29 is 18.0 Å². The Morgan fingerprint density at radius 1 is 1.17 bits per heavy atom. The van der Waals surface area contributed by atoms with Crippen molar-refractivity contribution in [2.24, 2.45) is 0 Å². The van der Waals surface area contributed by atoms with Gasteiger partial charge in [0, 0.05) is 25.2 Å². The standard InChI is InChI=1S/C15H13F3N4O2/c16-15(17,18)10-3-1-7-19-11(10)9-22-14(24)6-5-12(20-22)21-8-2-4-13(21)23/h1,3,5-7H,2,4,8-9H2. The summed E-state index contributed by atoms with van der Waals surface area (Å²) in [6, 6.07) is 4.67. The van der Waals surface area contributed by atoms with E-state index in [1.807, 2.05) is 0 Å². The number of carbonyl (C=O) groups is 1. The molecule has 24 heavy (non-hydrogen) atoms. The molecule has 0 N–H and O–H groups in total. The molecule has 1 aliphatic rings. The van der Waals surface area contributed by atoms with Gasteiger partial charge in [-0.15, -0.1) is 0 Å². The van der Waals surface area contributed by atoms with Crippen LogP contribution in [0.15, 0.2) is 35.3 Å². The largest absolute Gasteiger partial charge is 0.418 e. The van der Waals surface area contributed by atoms with Crippen LogP contribution in [0, 0.1) is 0 Å². The van der Waals surface area contributed by atoms with Crippen LogP contribution in [0.2, 0.25) is 0 Å². The maximum Gasteiger partial charge on any atom is 0.418 e. The third kappa shape index (κ3) is 3.15. The molecular weight excluding hydrogens is 325 g/mol. The number of hydrogen-bond donors (Lipinski definition) is 0. The molecule has 1 aliphatic heterocycles. The van der Waals surface area contributed by atoms with E-state index >= 15 is 0 Å². The van der Waals surface area contributed by atoms with Crippen LogP contribution in [0.1, 0.15) is 24.1 Å². The van der Waals surface area contributed by atoms with Crippen molar-refractivity contribution in [3.8, 4) is 0 Å². The Morgan fingerprint density at radius 2 is 1.96 bits per heavy atom. The topological polar surface area (TPSA) is 68.1 Å². The van der Waals surface area contributed by atoms with Gasteiger partial charge in [-0.1, -0.05) is 0 Å². The molecule has 0 aliphatic carbocycles. The second kappa shape index (κ2) is 6.06. The third-order valence-corrected chi connectivity index (χ3v) is 3.70. The predicted molar refractivity (Wildman–Crippen MR) is 78.4 cm³/mol. The molecule has 3 rings (SSSR count). The van der Waals surface area contributed by atoms with E-state index in [2.05, 4.69) is 10.1 Å². The first-order valence-corrected chi connectivity index (χ1v) is 7.26. The molecule has 0 saturated carbocycles. The van der Waals surface area contributed by atoms with Crippen molar-refractivity contribution in [3.63, 3.8) is 0 Å². The molecular formula is C15H13F3N4O2. The molecule has 1 fully saturated rings. The Balaban J connectivity index is 1.97. The molecule has 0 bridgehead atoms. The number of hydrogen-bond acceptors (Lipinski definition) is 4. The highest BCUT2D eigenvalue weighted by atomic mass is 19.4. The number of anilines is 1. The molecule has 0 spiro atoms. The number of halogens is 3. The number of amides is 1. The smallest absolute Gasteiger partial charge is 0.295 e. The SMILES string of the molecule is O=C1CCCN1c1ccc(=O)n(Cc2ncccc2C(F)(F)F)n1. The monoisotopic (exact) mass is 338 g/mol. The minimum absolute atomic E-state index is 0.124. The lowest BCUT2D eigenvalue weighted by molar-refractivity contribution is -0.138. The molecule has 6 nitrogen and oxygen atoms in total. The van der Waals surface area contributed by atoms with Gasteiger partial charge in [-0.05, 0) is 24.6 Å². The molecule has 0 aromatic carbocycles. The molecule has 0 atom stereocenters. The number of pyridine rings is 1. The Bertz CT molecular complexity index is 832.